The van der Waals surface area contributed by atoms with Crippen molar-refractivity contribution in [1.82, 2.24) is 0 Å². The summed E-state index contributed by atoms with van der Waals surface area (Å²) in [6.07, 6.45) is -0.520. The Kier molecular flexibility index (Phi) is 5.73. The third-order valence-electron chi connectivity index (χ3n) is 5.63. The molecule has 0 radical (unpaired) electrons. The van der Waals surface area contributed by atoms with Crippen LogP contribution in [0.15, 0.2) is 48.5 Å². The topological polar surface area (TPSA) is 9.23 Å². The summed E-state index contributed by atoms with van der Waals surface area (Å²) in [7, 11) is 0. The zero-order chi connectivity index (χ0) is 22.2. The van der Waals surface area contributed by atoms with Crippen LogP contribution in [0.4, 0.5) is 22.0 Å². The van der Waals surface area contributed by atoms with Gasteiger partial charge in [0.1, 0.15) is 5.82 Å². The quantitative estimate of drug-likeness (QED) is 0.377. The highest BCUT2D eigenvalue weighted by Gasteiger charge is 2.32. The number of ether oxygens (including phenoxy) is 1. The summed E-state index contributed by atoms with van der Waals surface area (Å²) in [6, 6.07) is 12.6. The van der Waals surface area contributed by atoms with E-state index in [0.29, 0.717) is 18.4 Å². The minimum atomic E-state index is -5.00. The van der Waals surface area contributed by atoms with E-state index in [1.54, 1.807) is 12.1 Å². The van der Waals surface area contributed by atoms with Gasteiger partial charge in [0.05, 0.1) is 0 Å². The molecule has 3 aromatic carbocycles. The average Bonchev–Trinajstić information content (AvgIpc) is 2.73. The Bertz CT molecular complexity index is 1120. The Balaban J connectivity index is 1.68. The van der Waals surface area contributed by atoms with Gasteiger partial charge in [-0.1, -0.05) is 49.7 Å². The zero-order valence-corrected chi connectivity index (χ0v) is 17.0. The first kappa shape index (κ1) is 21.3. The third-order valence-corrected chi connectivity index (χ3v) is 5.63. The number of hydrogen-bond donors (Lipinski definition) is 0. The minimum absolute atomic E-state index is 0.152. The molecule has 1 aliphatic rings. The van der Waals surface area contributed by atoms with Crippen LogP contribution in [0.5, 0.6) is 5.75 Å². The van der Waals surface area contributed by atoms with E-state index in [9.17, 15) is 17.6 Å². The number of rotatable bonds is 5. The van der Waals surface area contributed by atoms with Gasteiger partial charge in [0, 0.05) is 5.56 Å². The number of fused-ring (bicyclic) bond motifs is 3. The lowest BCUT2D eigenvalue weighted by Crippen LogP contribution is -2.17. The SMILES string of the molecule is CCCCc1ccc2c(c1)CCc1c-2ccc(-c2ccc(OC(F)(F)F)c(F)c2)c1F. The van der Waals surface area contributed by atoms with E-state index in [0.717, 1.165) is 42.5 Å². The lowest BCUT2D eigenvalue weighted by molar-refractivity contribution is -0.275. The number of aryl methyl sites for hydroxylation is 2. The number of halogens is 5. The summed E-state index contributed by atoms with van der Waals surface area (Å²) >= 11 is 0. The molecule has 3 aromatic rings. The average molecular weight is 432 g/mol. The molecule has 1 aliphatic carbocycles. The molecule has 6 heteroatoms. The Hall–Kier alpha value is -2.89. The number of benzene rings is 3. The standard InChI is InChI=1S/C25H21F5O/c1-2-3-4-15-5-8-18-16(13-15)6-9-21-20(18)11-10-19(24(21)27)17-7-12-23(22(26)14-17)31-25(28,29)30/h5,7-8,10-14H,2-4,6,9H2,1H3. The molecule has 0 aromatic heterocycles. The third kappa shape index (κ3) is 4.43. The van der Waals surface area contributed by atoms with Crippen molar-refractivity contribution in [2.24, 2.45) is 0 Å². The molecule has 0 bridgehead atoms. The van der Waals surface area contributed by atoms with Crippen LogP contribution in [0, 0.1) is 11.6 Å². The van der Waals surface area contributed by atoms with Gasteiger partial charge in [-0.25, -0.2) is 8.78 Å². The van der Waals surface area contributed by atoms with Gasteiger partial charge in [-0.05, 0) is 71.2 Å². The molecule has 162 valence electrons. The molecular formula is C25H21F5O. The zero-order valence-electron chi connectivity index (χ0n) is 17.0. The maximum absolute atomic E-state index is 15.3. The van der Waals surface area contributed by atoms with E-state index in [-0.39, 0.29) is 11.1 Å². The summed E-state index contributed by atoms with van der Waals surface area (Å²) in [5, 5.41) is 0. The summed E-state index contributed by atoms with van der Waals surface area (Å²) in [6.45, 7) is 2.15. The molecule has 0 saturated carbocycles. The first-order valence-electron chi connectivity index (χ1n) is 10.3. The van der Waals surface area contributed by atoms with Gasteiger partial charge in [-0.3, -0.25) is 0 Å². The van der Waals surface area contributed by atoms with Gasteiger partial charge in [0.2, 0.25) is 0 Å². The Morgan fingerprint density at radius 2 is 1.61 bits per heavy atom. The second-order valence-corrected chi connectivity index (χ2v) is 7.74. The van der Waals surface area contributed by atoms with E-state index >= 15 is 4.39 Å². The van der Waals surface area contributed by atoms with E-state index in [1.165, 1.54) is 17.2 Å². The molecule has 0 fully saturated rings. The van der Waals surface area contributed by atoms with Crippen molar-refractivity contribution in [3.05, 3.63) is 76.9 Å². The fourth-order valence-electron chi connectivity index (χ4n) is 4.13. The summed E-state index contributed by atoms with van der Waals surface area (Å²) in [5.41, 5.74) is 5.12. The fraction of sp³-hybridized carbons (Fsp3) is 0.280. The fourth-order valence-corrected chi connectivity index (χ4v) is 4.13. The van der Waals surface area contributed by atoms with Crippen LogP contribution < -0.4 is 4.74 Å². The lowest BCUT2D eigenvalue weighted by atomic mass is 9.82. The molecule has 0 aliphatic heterocycles. The minimum Gasteiger partial charge on any atom is -0.403 e. The highest BCUT2D eigenvalue weighted by molar-refractivity contribution is 5.78. The van der Waals surface area contributed by atoms with Crippen molar-refractivity contribution in [1.29, 1.82) is 0 Å². The predicted molar refractivity (Wildman–Crippen MR) is 110 cm³/mol. The van der Waals surface area contributed by atoms with Crippen molar-refractivity contribution in [3.8, 4) is 28.0 Å². The molecule has 31 heavy (non-hydrogen) atoms. The Morgan fingerprint density at radius 3 is 2.32 bits per heavy atom. The maximum atomic E-state index is 15.3. The first-order chi connectivity index (χ1) is 14.8. The van der Waals surface area contributed by atoms with Crippen LogP contribution in [-0.2, 0) is 19.3 Å². The summed E-state index contributed by atoms with van der Waals surface area (Å²) in [5.74, 6) is -2.61. The van der Waals surface area contributed by atoms with Crippen molar-refractivity contribution in [3.63, 3.8) is 0 Å². The van der Waals surface area contributed by atoms with E-state index in [2.05, 4.69) is 23.8 Å². The molecule has 0 spiro atoms. The van der Waals surface area contributed by atoms with Crippen molar-refractivity contribution in [2.45, 2.75) is 45.4 Å². The molecule has 0 N–H and O–H groups in total. The Morgan fingerprint density at radius 1 is 0.871 bits per heavy atom. The Labute approximate surface area is 177 Å². The van der Waals surface area contributed by atoms with Crippen LogP contribution in [0.2, 0.25) is 0 Å². The molecular weight excluding hydrogens is 411 g/mol. The molecule has 0 atom stereocenters. The van der Waals surface area contributed by atoms with Crippen molar-refractivity contribution < 1.29 is 26.7 Å². The highest BCUT2D eigenvalue weighted by Crippen LogP contribution is 2.39. The second-order valence-electron chi connectivity index (χ2n) is 7.74. The largest absolute Gasteiger partial charge is 0.573 e. The van der Waals surface area contributed by atoms with Crippen LogP contribution in [0.3, 0.4) is 0 Å². The van der Waals surface area contributed by atoms with Gasteiger partial charge < -0.3 is 4.74 Å². The molecule has 1 nitrogen and oxygen atoms in total. The normalized spacial score (nSPS) is 13.0. The smallest absolute Gasteiger partial charge is 0.403 e. The molecule has 0 amide bonds. The van der Waals surface area contributed by atoms with E-state index in [4.69, 9.17) is 0 Å². The van der Waals surface area contributed by atoms with Crippen LogP contribution in [0.25, 0.3) is 22.3 Å². The van der Waals surface area contributed by atoms with Gasteiger partial charge in [-0.15, -0.1) is 13.2 Å². The van der Waals surface area contributed by atoms with E-state index in [1.807, 2.05) is 6.07 Å². The molecule has 4 rings (SSSR count). The van der Waals surface area contributed by atoms with Gasteiger partial charge in [0.15, 0.2) is 11.6 Å². The number of alkyl halides is 3. The number of hydrogen-bond acceptors (Lipinski definition) is 1. The molecule has 0 heterocycles. The van der Waals surface area contributed by atoms with Gasteiger partial charge in [0.25, 0.3) is 0 Å². The van der Waals surface area contributed by atoms with Crippen LogP contribution in [-0.4, -0.2) is 6.36 Å². The summed E-state index contributed by atoms with van der Waals surface area (Å²) < 4.78 is 70.2. The highest BCUT2D eigenvalue weighted by atomic mass is 19.4. The molecule has 0 saturated heterocycles. The first-order valence-corrected chi connectivity index (χ1v) is 10.3. The maximum Gasteiger partial charge on any atom is 0.573 e. The van der Waals surface area contributed by atoms with Gasteiger partial charge >= 0.3 is 6.36 Å². The van der Waals surface area contributed by atoms with Gasteiger partial charge in [-0.2, -0.15) is 0 Å². The number of unbranched alkanes of at least 4 members (excludes halogenated alkanes) is 1. The van der Waals surface area contributed by atoms with Crippen molar-refractivity contribution >= 4 is 0 Å². The van der Waals surface area contributed by atoms with E-state index < -0.39 is 23.7 Å². The predicted octanol–water partition coefficient (Wildman–Crippen LogP) is 7.64. The second kappa shape index (κ2) is 8.33. The molecule has 0 unspecified atom stereocenters. The van der Waals surface area contributed by atoms with Crippen molar-refractivity contribution in [2.75, 3.05) is 0 Å². The van der Waals surface area contributed by atoms with Crippen LogP contribution in [0.1, 0.15) is 36.5 Å². The lowest BCUT2D eigenvalue weighted by Gasteiger charge is -2.22. The summed E-state index contributed by atoms with van der Waals surface area (Å²) in [4.78, 5) is 0. The monoisotopic (exact) mass is 432 g/mol. The van der Waals surface area contributed by atoms with Crippen LogP contribution >= 0.6 is 0 Å².